The molecule has 1 amide bonds. The lowest BCUT2D eigenvalue weighted by molar-refractivity contribution is 0.0526. The fraction of sp³-hybridized carbons (Fsp3) is 0.130. The summed E-state index contributed by atoms with van der Waals surface area (Å²) in [5.41, 5.74) is 2.90. The van der Waals surface area contributed by atoms with Crippen molar-refractivity contribution >= 4 is 28.9 Å². The SMILES string of the molecule is CCOC(=O)c1cccc(Nc2ccc(OC)cc2NC(=O)c2ccccc2)c1. The Kier molecular flexibility index (Phi) is 6.47. The monoisotopic (exact) mass is 390 g/mol. The van der Waals surface area contributed by atoms with Crippen molar-refractivity contribution < 1.29 is 19.1 Å². The maximum absolute atomic E-state index is 12.6. The number of carbonyl (C=O) groups excluding carboxylic acids is 2. The minimum Gasteiger partial charge on any atom is -0.497 e. The van der Waals surface area contributed by atoms with Crippen molar-refractivity contribution in [2.75, 3.05) is 24.4 Å². The van der Waals surface area contributed by atoms with Gasteiger partial charge in [-0.1, -0.05) is 24.3 Å². The van der Waals surface area contributed by atoms with Crippen LogP contribution in [0, 0.1) is 0 Å². The van der Waals surface area contributed by atoms with Gasteiger partial charge in [-0.3, -0.25) is 4.79 Å². The third-order valence-corrected chi connectivity index (χ3v) is 4.16. The summed E-state index contributed by atoms with van der Waals surface area (Å²) >= 11 is 0. The normalized spacial score (nSPS) is 10.1. The molecule has 148 valence electrons. The van der Waals surface area contributed by atoms with Crippen LogP contribution in [0.3, 0.4) is 0 Å². The van der Waals surface area contributed by atoms with Gasteiger partial charge < -0.3 is 20.1 Å². The summed E-state index contributed by atoms with van der Waals surface area (Å²) in [4.78, 5) is 24.6. The van der Waals surface area contributed by atoms with E-state index in [1.165, 1.54) is 0 Å². The average molecular weight is 390 g/mol. The fourth-order valence-electron chi connectivity index (χ4n) is 2.74. The third kappa shape index (κ3) is 5.13. The summed E-state index contributed by atoms with van der Waals surface area (Å²) < 4.78 is 10.3. The van der Waals surface area contributed by atoms with Gasteiger partial charge in [-0.15, -0.1) is 0 Å². The number of rotatable bonds is 7. The molecule has 0 unspecified atom stereocenters. The predicted octanol–water partition coefficient (Wildman–Crippen LogP) is 4.87. The maximum Gasteiger partial charge on any atom is 0.338 e. The molecule has 6 heteroatoms. The van der Waals surface area contributed by atoms with E-state index in [1.54, 1.807) is 74.7 Å². The molecule has 0 saturated carbocycles. The van der Waals surface area contributed by atoms with E-state index >= 15 is 0 Å². The van der Waals surface area contributed by atoms with E-state index in [1.807, 2.05) is 12.1 Å². The van der Waals surface area contributed by atoms with Crippen molar-refractivity contribution in [3.05, 3.63) is 83.9 Å². The second-order valence-corrected chi connectivity index (χ2v) is 6.16. The highest BCUT2D eigenvalue weighted by Crippen LogP contribution is 2.30. The quantitative estimate of drug-likeness (QED) is 0.563. The lowest BCUT2D eigenvalue weighted by Crippen LogP contribution is -2.13. The Balaban J connectivity index is 1.87. The fourth-order valence-corrected chi connectivity index (χ4v) is 2.74. The van der Waals surface area contributed by atoms with Gasteiger partial charge in [0.1, 0.15) is 5.75 Å². The van der Waals surface area contributed by atoms with Crippen LogP contribution in [0.15, 0.2) is 72.8 Å². The van der Waals surface area contributed by atoms with Gasteiger partial charge in [0.15, 0.2) is 0 Å². The summed E-state index contributed by atoms with van der Waals surface area (Å²) in [6.07, 6.45) is 0. The molecule has 0 fully saturated rings. The molecule has 0 aromatic heterocycles. The number of hydrogen-bond acceptors (Lipinski definition) is 5. The Morgan fingerprint density at radius 3 is 2.34 bits per heavy atom. The number of nitrogens with one attached hydrogen (secondary N) is 2. The molecule has 2 N–H and O–H groups in total. The van der Waals surface area contributed by atoms with E-state index < -0.39 is 0 Å². The van der Waals surface area contributed by atoms with Gasteiger partial charge in [0, 0.05) is 17.3 Å². The Hall–Kier alpha value is -3.80. The van der Waals surface area contributed by atoms with Crippen molar-refractivity contribution in [1.82, 2.24) is 0 Å². The van der Waals surface area contributed by atoms with Gasteiger partial charge in [-0.05, 0) is 49.4 Å². The molecule has 0 spiro atoms. The molecule has 29 heavy (non-hydrogen) atoms. The van der Waals surface area contributed by atoms with Gasteiger partial charge in [-0.2, -0.15) is 0 Å². The topological polar surface area (TPSA) is 76.7 Å². The van der Waals surface area contributed by atoms with Gasteiger partial charge in [0.05, 0.1) is 30.7 Å². The summed E-state index contributed by atoms with van der Waals surface area (Å²) in [7, 11) is 1.56. The van der Waals surface area contributed by atoms with Crippen LogP contribution in [0.2, 0.25) is 0 Å². The maximum atomic E-state index is 12.6. The predicted molar refractivity (Wildman–Crippen MR) is 113 cm³/mol. The summed E-state index contributed by atoms with van der Waals surface area (Å²) in [5.74, 6) is -0.00940. The van der Waals surface area contributed by atoms with Crippen LogP contribution in [-0.4, -0.2) is 25.6 Å². The third-order valence-electron chi connectivity index (χ3n) is 4.16. The number of methoxy groups -OCH3 is 1. The van der Waals surface area contributed by atoms with Crippen molar-refractivity contribution in [3.63, 3.8) is 0 Å². The standard InChI is InChI=1S/C23H22N2O4/c1-3-29-23(27)17-10-7-11-18(14-17)24-20-13-12-19(28-2)15-21(20)25-22(26)16-8-5-4-6-9-16/h4-15,24H,3H2,1-2H3,(H,25,26). The second kappa shape index (κ2) is 9.41. The van der Waals surface area contributed by atoms with Crippen LogP contribution < -0.4 is 15.4 Å². The van der Waals surface area contributed by atoms with E-state index in [-0.39, 0.29) is 11.9 Å². The Morgan fingerprint density at radius 2 is 1.62 bits per heavy atom. The first-order valence-corrected chi connectivity index (χ1v) is 9.19. The van der Waals surface area contributed by atoms with Gasteiger partial charge >= 0.3 is 5.97 Å². The van der Waals surface area contributed by atoms with Crippen LogP contribution >= 0.6 is 0 Å². The molecule has 0 aliphatic heterocycles. The molecule has 0 radical (unpaired) electrons. The van der Waals surface area contributed by atoms with E-state index in [2.05, 4.69) is 10.6 Å². The minimum atomic E-state index is -0.386. The minimum absolute atomic E-state index is 0.234. The van der Waals surface area contributed by atoms with Crippen molar-refractivity contribution in [2.24, 2.45) is 0 Å². The molecule has 0 heterocycles. The van der Waals surface area contributed by atoms with E-state index in [9.17, 15) is 9.59 Å². The molecule has 3 aromatic carbocycles. The average Bonchev–Trinajstić information content (AvgIpc) is 2.76. The molecule has 3 rings (SSSR count). The lowest BCUT2D eigenvalue weighted by atomic mass is 10.1. The van der Waals surface area contributed by atoms with Crippen LogP contribution in [0.5, 0.6) is 5.75 Å². The smallest absolute Gasteiger partial charge is 0.338 e. The number of ether oxygens (including phenoxy) is 2. The first kappa shape index (κ1) is 19.9. The van der Waals surface area contributed by atoms with Gasteiger partial charge in [0.25, 0.3) is 5.91 Å². The number of hydrogen-bond donors (Lipinski definition) is 2. The van der Waals surface area contributed by atoms with Crippen molar-refractivity contribution in [3.8, 4) is 5.75 Å². The Morgan fingerprint density at radius 1 is 0.862 bits per heavy atom. The highest BCUT2D eigenvalue weighted by atomic mass is 16.5. The van der Waals surface area contributed by atoms with Gasteiger partial charge in [-0.25, -0.2) is 4.79 Å². The first-order valence-electron chi connectivity index (χ1n) is 9.19. The Bertz CT molecular complexity index is 1000. The molecule has 3 aromatic rings. The largest absolute Gasteiger partial charge is 0.497 e. The molecular formula is C23H22N2O4. The molecule has 0 aliphatic carbocycles. The summed E-state index contributed by atoms with van der Waals surface area (Å²) in [5, 5.41) is 6.15. The number of carbonyl (C=O) groups is 2. The second-order valence-electron chi connectivity index (χ2n) is 6.16. The molecule has 0 saturated heterocycles. The number of anilines is 3. The lowest BCUT2D eigenvalue weighted by Gasteiger charge is -2.15. The molecular weight excluding hydrogens is 368 g/mol. The van der Waals surface area contributed by atoms with Gasteiger partial charge in [0.2, 0.25) is 0 Å². The number of esters is 1. The zero-order valence-corrected chi connectivity index (χ0v) is 16.3. The van der Waals surface area contributed by atoms with Crippen molar-refractivity contribution in [1.29, 1.82) is 0 Å². The molecule has 0 bridgehead atoms. The molecule has 0 aliphatic rings. The highest BCUT2D eigenvalue weighted by molar-refractivity contribution is 6.06. The van der Waals surface area contributed by atoms with Crippen LogP contribution in [0.1, 0.15) is 27.6 Å². The van der Waals surface area contributed by atoms with E-state index in [0.717, 1.165) is 0 Å². The van der Waals surface area contributed by atoms with E-state index in [4.69, 9.17) is 9.47 Å². The summed E-state index contributed by atoms with van der Waals surface area (Å²) in [6.45, 7) is 2.07. The van der Waals surface area contributed by atoms with E-state index in [0.29, 0.717) is 40.5 Å². The van der Waals surface area contributed by atoms with Crippen molar-refractivity contribution in [2.45, 2.75) is 6.92 Å². The van der Waals surface area contributed by atoms with Crippen LogP contribution in [0.25, 0.3) is 0 Å². The van der Waals surface area contributed by atoms with Crippen LogP contribution in [0.4, 0.5) is 17.1 Å². The zero-order valence-electron chi connectivity index (χ0n) is 16.3. The Labute approximate surface area is 169 Å². The number of benzene rings is 3. The highest BCUT2D eigenvalue weighted by Gasteiger charge is 2.12. The van der Waals surface area contributed by atoms with Crippen LogP contribution in [-0.2, 0) is 4.74 Å². The first-order chi connectivity index (χ1) is 14.1. The molecule has 0 atom stereocenters. The summed E-state index contributed by atoms with van der Waals surface area (Å²) in [6, 6.07) is 21.3. The number of amides is 1. The zero-order chi connectivity index (χ0) is 20.6. The molecule has 6 nitrogen and oxygen atoms in total.